The Morgan fingerprint density at radius 1 is 1.09 bits per heavy atom. The van der Waals surface area contributed by atoms with Crippen molar-refractivity contribution in [2.75, 3.05) is 32.8 Å². The third-order valence-electron chi connectivity index (χ3n) is 6.75. The fourth-order valence-electron chi connectivity index (χ4n) is 5.08. The Balaban J connectivity index is 1.41. The first-order chi connectivity index (χ1) is 16.0. The lowest BCUT2D eigenvalue weighted by atomic mass is 9.89. The summed E-state index contributed by atoms with van der Waals surface area (Å²) in [4.78, 5) is 42.7. The van der Waals surface area contributed by atoms with Crippen LogP contribution in [0.1, 0.15) is 32.3 Å². The van der Waals surface area contributed by atoms with Crippen molar-refractivity contribution in [2.24, 2.45) is 5.92 Å². The highest BCUT2D eigenvalue weighted by Crippen LogP contribution is 2.43. The van der Waals surface area contributed by atoms with E-state index in [1.165, 1.54) is 30.3 Å². The normalized spacial score (nSPS) is 29.4. The highest BCUT2D eigenvalue weighted by molar-refractivity contribution is 6.08. The molecule has 0 bridgehead atoms. The summed E-state index contributed by atoms with van der Waals surface area (Å²) in [6.07, 6.45) is -4.07. The first-order valence-electron chi connectivity index (χ1n) is 11.5. The summed E-state index contributed by atoms with van der Waals surface area (Å²) in [5.41, 5.74) is -3.44. The summed E-state index contributed by atoms with van der Waals surface area (Å²) in [5, 5.41) is 1.90. The van der Waals surface area contributed by atoms with Gasteiger partial charge in [0, 0.05) is 32.1 Å². The van der Waals surface area contributed by atoms with Crippen LogP contribution in [0.4, 0.5) is 18.0 Å². The van der Waals surface area contributed by atoms with E-state index in [0.29, 0.717) is 43.9 Å². The van der Waals surface area contributed by atoms with Crippen LogP contribution in [-0.2, 0) is 19.9 Å². The number of morpholine rings is 1. The van der Waals surface area contributed by atoms with Crippen molar-refractivity contribution in [3.05, 3.63) is 35.9 Å². The number of hydrogen-bond acceptors (Lipinski definition) is 5. The number of alkyl halides is 3. The predicted molar refractivity (Wildman–Crippen MR) is 115 cm³/mol. The summed E-state index contributed by atoms with van der Waals surface area (Å²) >= 11 is 0. The maximum absolute atomic E-state index is 14.1. The standard InChI is InChI=1S/C23H29F3N4O4/c1-15-12-29(13-16(2)34-15)19(31)17-8-10-28(11-9-17)14-30-20(32)22(23(24,25)26,27-21(30)33)18-6-4-3-5-7-18/h3-7,15-17H,8-14H2,1-2H3,(H,27,33)/t15-,16-,22+/m1/s1. The van der Waals surface area contributed by atoms with E-state index < -0.39 is 23.7 Å². The number of ether oxygens (including phenoxy) is 1. The number of benzene rings is 1. The van der Waals surface area contributed by atoms with Crippen molar-refractivity contribution in [2.45, 2.75) is 50.6 Å². The van der Waals surface area contributed by atoms with Crippen LogP contribution in [0.5, 0.6) is 0 Å². The van der Waals surface area contributed by atoms with Crippen molar-refractivity contribution in [3.63, 3.8) is 0 Å². The van der Waals surface area contributed by atoms with Crippen LogP contribution >= 0.6 is 0 Å². The van der Waals surface area contributed by atoms with Crippen LogP contribution in [0.3, 0.4) is 0 Å². The molecule has 4 rings (SSSR count). The summed E-state index contributed by atoms with van der Waals surface area (Å²) in [5.74, 6) is -1.49. The van der Waals surface area contributed by atoms with Gasteiger partial charge in [-0.15, -0.1) is 0 Å². The quantitative estimate of drug-likeness (QED) is 0.667. The van der Waals surface area contributed by atoms with Crippen LogP contribution in [0.2, 0.25) is 0 Å². The van der Waals surface area contributed by atoms with Gasteiger partial charge in [0.05, 0.1) is 18.9 Å². The van der Waals surface area contributed by atoms with Crippen molar-refractivity contribution in [3.8, 4) is 0 Å². The molecule has 0 aliphatic carbocycles. The molecular weight excluding hydrogens is 453 g/mol. The fraction of sp³-hybridized carbons (Fsp3) is 0.609. The van der Waals surface area contributed by atoms with E-state index in [-0.39, 0.29) is 36.3 Å². The van der Waals surface area contributed by atoms with Gasteiger partial charge >= 0.3 is 12.2 Å². The van der Waals surface area contributed by atoms with Gasteiger partial charge < -0.3 is 15.0 Å². The highest BCUT2D eigenvalue weighted by atomic mass is 19.4. The molecule has 34 heavy (non-hydrogen) atoms. The molecular formula is C23H29F3N4O4. The van der Waals surface area contributed by atoms with E-state index in [2.05, 4.69) is 0 Å². The van der Waals surface area contributed by atoms with E-state index in [0.717, 1.165) is 0 Å². The average molecular weight is 483 g/mol. The number of urea groups is 1. The van der Waals surface area contributed by atoms with Gasteiger partial charge in [-0.25, -0.2) is 9.69 Å². The Kier molecular flexibility index (Phi) is 6.61. The molecule has 8 nitrogen and oxygen atoms in total. The molecule has 11 heteroatoms. The molecule has 3 atom stereocenters. The maximum Gasteiger partial charge on any atom is 0.425 e. The molecule has 0 saturated carbocycles. The van der Waals surface area contributed by atoms with Gasteiger partial charge in [0.25, 0.3) is 5.91 Å². The number of likely N-dealkylation sites (tertiary alicyclic amines) is 1. The third kappa shape index (κ3) is 4.38. The summed E-state index contributed by atoms with van der Waals surface area (Å²) in [6, 6.07) is 5.60. The number of halogens is 3. The molecule has 0 spiro atoms. The van der Waals surface area contributed by atoms with Gasteiger partial charge in [0.1, 0.15) is 0 Å². The van der Waals surface area contributed by atoms with Gasteiger partial charge in [0.15, 0.2) is 0 Å². The summed E-state index contributed by atoms with van der Waals surface area (Å²) < 4.78 is 48.0. The zero-order valence-corrected chi connectivity index (χ0v) is 19.2. The minimum atomic E-state index is -5.01. The lowest BCUT2D eigenvalue weighted by Crippen LogP contribution is -2.56. The number of piperidine rings is 1. The van der Waals surface area contributed by atoms with Gasteiger partial charge in [-0.3, -0.25) is 14.5 Å². The Labute approximate surface area is 196 Å². The molecule has 3 saturated heterocycles. The monoisotopic (exact) mass is 482 g/mol. The molecule has 1 aromatic rings. The summed E-state index contributed by atoms with van der Waals surface area (Å²) in [6.45, 7) is 5.44. The van der Waals surface area contributed by atoms with Crippen LogP contribution in [0, 0.1) is 5.92 Å². The Morgan fingerprint density at radius 3 is 2.24 bits per heavy atom. The smallest absolute Gasteiger partial charge is 0.372 e. The van der Waals surface area contributed by atoms with E-state index in [1.807, 2.05) is 24.1 Å². The van der Waals surface area contributed by atoms with Crippen LogP contribution in [0.25, 0.3) is 0 Å². The molecule has 0 radical (unpaired) electrons. The third-order valence-corrected chi connectivity index (χ3v) is 6.75. The predicted octanol–water partition coefficient (Wildman–Crippen LogP) is 2.30. The number of hydrogen-bond donors (Lipinski definition) is 1. The molecule has 1 N–H and O–H groups in total. The van der Waals surface area contributed by atoms with Crippen molar-refractivity contribution < 1.29 is 32.3 Å². The number of rotatable bonds is 4. The van der Waals surface area contributed by atoms with E-state index >= 15 is 0 Å². The lowest BCUT2D eigenvalue weighted by Gasteiger charge is -2.39. The topological polar surface area (TPSA) is 82.2 Å². The molecule has 0 aromatic heterocycles. The zero-order chi connectivity index (χ0) is 24.7. The van der Waals surface area contributed by atoms with Crippen LogP contribution in [-0.4, -0.2) is 83.8 Å². The molecule has 0 unspecified atom stereocenters. The van der Waals surface area contributed by atoms with Crippen molar-refractivity contribution >= 4 is 17.8 Å². The van der Waals surface area contributed by atoms with Crippen LogP contribution < -0.4 is 5.32 Å². The number of imide groups is 1. The number of amides is 4. The zero-order valence-electron chi connectivity index (χ0n) is 19.2. The van der Waals surface area contributed by atoms with E-state index in [4.69, 9.17) is 4.74 Å². The molecule has 1 aromatic carbocycles. The van der Waals surface area contributed by atoms with Crippen molar-refractivity contribution in [1.29, 1.82) is 0 Å². The molecule has 186 valence electrons. The Hall–Kier alpha value is -2.66. The second kappa shape index (κ2) is 9.18. The molecule has 4 amide bonds. The first kappa shape index (κ1) is 24.5. The average Bonchev–Trinajstić information content (AvgIpc) is 3.05. The van der Waals surface area contributed by atoms with Gasteiger partial charge in [-0.2, -0.15) is 13.2 Å². The fourth-order valence-corrected chi connectivity index (χ4v) is 5.08. The van der Waals surface area contributed by atoms with Crippen LogP contribution in [0.15, 0.2) is 30.3 Å². The largest absolute Gasteiger partial charge is 0.425 e. The SMILES string of the molecule is C[C@@H]1CN(C(=O)C2CCN(CN3C(=O)N[C@](c4ccccc4)(C(F)(F)F)C3=O)CC2)C[C@@H](C)O1. The first-order valence-corrected chi connectivity index (χ1v) is 11.5. The van der Waals surface area contributed by atoms with Crippen molar-refractivity contribution in [1.82, 2.24) is 20.0 Å². The number of nitrogens with zero attached hydrogens (tertiary/aromatic N) is 3. The second-order valence-electron chi connectivity index (χ2n) is 9.31. The maximum atomic E-state index is 14.1. The minimum Gasteiger partial charge on any atom is -0.372 e. The van der Waals surface area contributed by atoms with Gasteiger partial charge in [-0.05, 0) is 32.3 Å². The molecule has 3 aliphatic rings. The number of nitrogens with one attached hydrogen (secondary N) is 1. The van der Waals surface area contributed by atoms with Gasteiger partial charge in [0.2, 0.25) is 11.4 Å². The molecule has 3 aliphatic heterocycles. The Bertz CT molecular complexity index is 926. The van der Waals surface area contributed by atoms with Gasteiger partial charge in [-0.1, -0.05) is 30.3 Å². The molecule has 3 heterocycles. The van der Waals surface area contributed by atoms with E-state index in [1.54, 1.807) is 4.90 Å². The molecule has 3 fully saturated rings. The minimum absolute atomic E-state index is 0.0361. The number of carbonyl (C=O) groups excluding carboxylic acids is 3. The highest BCUT2D eigenvalue weighted by Gasteiger charge is 2.68. The summed E-state index contributed by atoms with van der Waals surface area (Å²) in [7, 11) is 0. The Morgan fingerprint density at radius 2 is 1.68 bits per heavy atom. The number of carbonyl (C=O) groups is 3. The lowest BCUT2D eigenvalue weighted by molar-refractivity contribution is -0.198. The van der Waals surface area contributed by atoms with E-state index in [9.17, 15) is 27.6 Å². The second-order valence-corrected chi connectivity index (χ2v) is 9.31.